The Bertz CT molecular complexity index is 208. The monoisotopic (exact) mass is 212 g/mol. The summed E-state index contributed by atoms with van der Waals surface area (Å²) in [6, 6.07) is 0. The minimum absolute atomic E-state index is 0.303. The van der Waals surface area contributed by atoms with E-state index in [0.29, 0.717) is 15.8 Å². The third-order valence-electron chi connectivity index (χ3n) is 3.99. The van der Waals surface area contributed by atoms with Gasteiger partial charge in [0.2, 0.25) is 0 Å². The Hall–Kier alpha value is 0.0200. The Morgan fingerprint density at radius 3 is 2.21 bits per heavy atom. The minimum Gasteiger partial charge on any atom is -0.288 e. The van der Waals surface area contributed by atoms with E-state index < -0.39 is 0 Å². The Morgan fingerprint density at radius 2 is 1.71 bits per heavy atom. The Kier molecular flexibility index (Phi) is 3.20. The molecule has 2 fully saturated rings. The van der Waals surface area contributed by atoms with E-state index in [2.05, 4.69) is 0 Å². The average molecular weight is 212 g/mol. The van der Waals surface area contributed by atoms with Gasteiger partial charge in [-0.25, -0.2) is 0 Å². The summed E-state index contributed by atoms with van der Waals surface area (Å²) < 4.78 is 0. The van der Waals surface area contributed by atoms with Gasteiger partial charge in [-0.15, -0.1) is 0 Å². The quantitative estimate of drug-likeness (QED) is 0.658. The lowest BCUT2D eigenvalue weighted by Crippen LogP contribution is -2.26. The molecule has 14 heavy (non-hydrogen) atoms. The smallest absolute Gasteiger partial charge is 0.186 e. The number of thioether (sulfide) groups is 1. The maximum atomic E-state index is 11.0. The molecule has 0 atom stereocenters. The fourth-order valence-electron chi connectivity index (χ4n) is 3.18. The van der Waals surface area contributed by atoms with Crippen molar-refractivity contribution in [1.29, 1.82) is 0 Å². The van der Waals surface area contributed by atoms with Gasteiger partial charge >= 0.3 is 0 Å². The van der Waals surface area contributed by atoms with Gasteiger partial charge in [-0.1, -0.05) is 24.6 Å². The predicted octanol–water partition coefficient (Wildman–Crippen LogP) is 3.77. The first-order valence-electron chi connectivity index (χ1n) is 5.87. The molecule has 0 saturated heterocycles. The van der Waals surface area contributed by atoms with Crippen LogP contribution in [0.25, 0.3) is 0 Å². The molecule has 0 aromatic rings. The molecule has 0 amide bonds. The van der Waals surface area contributed by atoms with Gasteiger partial charge in [0.25, 0.3) is 0 Å². The molecule has 80 valence electrons. The van der Waals surface area contributed by atoms with Crippen LogP contribution in [0.15, 0.2) is 0 Å². The van der Waals surface area contributed by atoms with Crippen LogP contribution in [0.1, 0.15) is 58.3 Å². The van der Waals surface area contributed by atoms with Gasteiger partial charge in [0.1, 0.15) is 0 Å². The summed E-state index contributed by atoms with van der Waals surface area (Å²) in [6.07, 6.45) is 11.2. The molecule has 0 aromatic heterocycles. The summed E-state index contributed by atoms with van der Waals surface area (Å²) in [4.78, 5) is 11.0. The van der Waals surface area contributed by atoms with Gasteiger partial charge in [-0.3, -0.25) is 4.79 Å². The fourth-order valence-corrected chi connectivity index (χ4v) is 4.12. The summed E-state index contributed by atoms with van der Waals surface area (Å²) in [5, 5.41) is 0.941. The normalized spacial score (nSPS) is 26.9. The summed E-state index contributed by atoms with van der Waals surface area (Å²) in [5.41, 5.74) is 0.716. The van der Waals surface area contributed by atoms with Crippen LogP contribution in [0, 0.1) is 5.41 Å². The van der Waals surface area contributed by atoms with Gasteiger partial charge < -0.3 is 0 Å². The van der Waals surface area contributed by atoms with Crippen LogP contribution in [0.2, 0.25) is 0 Å². The standard InChI is InChI=1S/C12H20OS/c1-10(13)14-11-4-8-12(9-5-11)6-2-3-7-12/h11H,2-9H2,1H3. The lowest BCUT2D eigenvalue weighted by Gasteiger charge is -2.36. The summed E-state index contributed by atoms with van der Waals surface area (Å²) >= 11 is 1.58. The summed E-state index contributed by atoms with van der Waals surface area (Å²) in [7, 11) is 0. The molecule has 0 unspecified atom stereocenters. The molecule has 2 saturated carbocycles. The number of carbonyl (C=O) groups excluding carboxylic acids is 1. The van der Waals surface area contributed by atoms with E-state index in [0.717, 1.165) is 0 Å². The predicted molar refractivity (Wildman–Crippen MR) is 61.4 cm³/mol. The van der Waals surface area contributed by atoms with Crippen molar-refractivity contribution in [3.63, 3.8) is 0 Å². The summed E-state index contributed by atoms with van der Waals surface area (Å²) in [6.45, 7) is 1.70. The molecular formula is C12H20OS. The molecule has 2 rings (SSSR count). The van der Waals surface area contributed by atoms with Crippen LogP contribution in [-0.4, -0.2) is 10.4 Å². The van der Waals surface area contributed by atoms with Crippen LogP contribution >= 0.6 is 11.8 Å². The highest BCUT2D eigenvalue weighted by Gasteiger charge is 2.37. The number of hydrogen-bond donors (Lipinski definition) is 0. The van der Waals surface area contributed by atoms with E-state index in [4.69, 9.17) is 0 Å². The van der Waals surface area contributed by atoms with E-state index in [-0.39, 0.29) is 0 Å². The van der Waals surface area contributed by atoms with Crippen LogP contribution < -0.4 is 0 Å². The van der Waals surface area contributed by atoms with Crippen LogP contribution in [0.3, 0.4) is 0 Å². The number of hydrogen-bond acceptors (Lipinski definition) is 2. The first-order chi connectivity index (χ1) is 6.70. The van der Waals surface area contributed by atoms with Gasteiger partial charge in [0.05, 0.1) is 0 Å². The highest BCUT2D eigenvalue weighted by Crippen LogP contribution is 2.50. The van der Waals surface area contributed by atoms with Crippen molar-refractivity contribution < 1.29 is 4.79 Å². The van der Waals surface area contributed by atoms with Crippen LogP contribution in [0.4, 0.5) is 0 Å². The van der Waals surface area contributed by atoms with Crippen molar-refractivity contribution in [2.45, 2.75) is 63.5 Å². The van der Waals surface area contributed by atoms with Crippen LogP contribution in [0.5, 0.6) is 0 Å². The first-order valence-corrected chi connectivity index (χ1v) is 6.75. The van der Waals surface area contributed by atoms with Crippen molar-refractivity contribution in [2.24, 2.45) is 5.41 Å². The molecule has 1 spiro atoms. The van der Waals surface area contributed by atoms with Gasteiger partial charge in [-0.2, -0.15) is 0 Å². The zero-order chi connectivity index (χ0) is 10.0. The van der Waals surface area contributed by atoms with Crippen molar-refractivity contribution in [3.8, 4) is 0 Å². The molecule has 0 aliphatic heterocycles. The maximum Gasteiger partial charge on any atom is 0.186 e. The number of rotatable bonds is 1. The maximum absolute atomic E-state index is 11.0. The number of carbonyl (C=O) groups is 1. The fraction of sp³-hybridized carbons (Fsp3) is 0.917. The molecule has 2 aliphatic rings. The van der Waals surface area contributed by atoms with Crippen molar-refractivity contribution >= 4 is 16.9 Å². The van der Waals surface area contributed by atoms with Crippen molar-refractivity contribution in [1.82, 2.24) is 0 Å². The summed E-state index contributed by atoms with van der Waals surface area (Å²) in [5.74, 6) is 0. The topological polar surface area (TPSA) is 17.1 Å². The molecule has 2 aliphatic carbocycles. The largest absolute Gasteiger partial charge is 0.288 e. The zero-order valence-electron chi connectivity index (χ0n) is 9.05. The molecule has 1 nitrogen and oxygen atoms in total. The second-order valence-electron chi connectivity index (χ2n) is 5.02. The second kappa shape index (κ2) is 4.26. The minimum atomic E-state index is 0.303. The van der Waals surface area contributed by atoms with E-state index in [1.54, 1.807) is 18.7 Å². The van der Waals surface area contributed by atoms with Crippen molar-refractivity contribution in [2.75, 3.05) is 0 Å². The second-order valence-corrected chi connectivity index (χ2v) is 6.49. The van der Waals surface area contributed by atoms with Gasteiger partial charge in [0.15, 0.2) is 5.12 Å². The highest BCUT2D eigenvalue weighted by molar-refractivity contribution is 8.14. The molecule has 0 bridgehead atoms. The lowest BCUT2D eigenvalue weighted by molar-refractivity contribution is -0.109. The van der Waals surface area contributed by atoms with E-state index in [1.165, 1.54) is 51.4 Å². The molecule has 0 radical (unpaired) electrons. The molecular weight excluding hydrogens is 192 g/mol. The highest BCUT2D eigenvalue weighted by atomic mass is 32.2. The third kappa shape index (κ3) is 2.33. The molecule has 0 N–H and O–H groups in total. The molecule has 2 heteroatoms. The van der Waals surface area contributed by atoms with Gasteiger partial charge in [0, 0.05) is 12.2 Å². The average Bonchev–Trinajstić information content (AvgIpc) is 2.58. The van der Waals surface area contributed by atoms with Crippen molar-refractivity contribution in [3.05, 3.63) is 0 Å². The van der Waals surface area contributed by atoms with E-state index >= 15 is 0 Å². The zero-order valence-corrected chi connectivity index (χ0v) is 9.87. The Labute approximate surface area is 91.0 Å². The lowest BCUT2D eigenvalue weighted by atomic mass is 9.73. The first kappa shape index (κ1) is 10.5. The third-order valence-corrected chi connectivity index (χ3v) is 5.13. The van der Waals surface area contributed by atoms with Crippen LogP contribution in [-0.2, 0) is 4.79 Å². The molecule has 0 heterocycles. The van der Waals surface area contributed by atoms with E-state index in [1.807, 2.05) is 0 Å². The Balaban J connectivity index is 1.82. The van der Waals surface area contributed by atoms with E-state index in [9.17, 15) is 4.79 Å². The SMILES string of the molecule is CC(=O)SC1CCC2(CCCC2)CC1. The Morgan fingerprint density at radius 1 is 1.14 bits per heavy atom. The van der Waals surface area contributed by atoms with Gasteiger partial charge in [-0.05, 0) is 43.9 Å². The molecule has 0 aromatic carbocycles.